The Kier molecular flexibility index (Phi) is 5.72. The number of aromatic amines is 1. The largest absolute Gasteiger partial charge is 0.494 e. The van der Waals surface area contributed by atoms with Gasteiger partial charge in [0, 0.05) is 0 Å². The van der Waals surface area contributed by atoms with E-state index in [1.54, 1.807) is 0 Å². The summed E-state index contributed by atoms with van der Waals surface area (Å²) in [4.78, 5) is 0. The minimum Gasteiger partial charge on any atom is -0.494 e. The summed E-state index contributed by atoms with van der Waals surface area (Å²) in [7, 11) is 0. The molecule has 146 valence electrons. The van der Waals surface area contributed by atoms with Crippen LogP contribution in [0.2, 0.25) is 0 Å². The van der Waals surface area contributed by atoms with Crippen LogP contribution in [0.15, 0.2) is 78.9 Å². The zero-order chi connectivity index (χ0) is 20.1. The van der Waals surface area contributed by atoms with Crippen LogP contribution in [0.3, 0.4) is 0 Å². The van der Waals surface area contributed by atoms with Crippen LogP contribution < -0.4 is 9.47 Å². The fourth-order valence-electron chi connectivity index (χ4n) is 3.07. The van der Waals surface area contributed by atoms with E-state index in [0.717, 1.165) is 22.7 Å². The Hall–Kier alpha value is -3.38. The number of nitrogens with zero attached hydrogens (tertiary/aromatic N) is 2. The van der Waals surface area contributed by atoms with Gasteiger partial charge in [0.25, 0.3) is 0 Å². The van der Waals surface area contributed by atoms with Crippen LogP contribution in [0.4, 0.5) is 0 Å². The third-order valence-electron chi connectivity index (χ3n) is 4.48. The van der Waals surface area contributed by atoms with Crippen LogP contribution in [-0.2, 0) is 6.61 Å². The number of aromatic nitrogens is 3. The van der Waals surface area contributed by atoms with Crippen molar-refractivity contribution in [1.82, 2.24) is 14.8 Å². The van der Waals surface area contributed by atoms with E-state index in [9.17, 15) is 0 Å². The van der Waals surface area contributed by atoms with Gasteiger partial charge in [-0.1, -0.05) is 42.5 Å². The van der Waals surface area contributed by atoms with Crippen molar-refractivity contribution in [3.05, 3.63) is 89.5 Å². The molecule has 0 amide bonds. The topological polar surface area (TPSA) is 52.1 Å². The quantitative estimate of drug-likeness (QED) is 0.410. The average molecular weight is 404 g/mol. The van der Waals surface area contributed by atoms with E-state index in [4.69, 9.17) is 21.7 Å². The molecule has 1 heterocycles. The Morgan fingerprint density at radius 1 is 0.828 bits per heavy atom. The van der Waals surface area contributed by atoms with Gasteiger partial charge in [0.15, 0.2) is 10.6 Å². The van der Waals surface area contributed by atoms with Gasteiger partial charge in [-0.2, -0.15) is 5.10 Å². The first-order chi connectivity index (χ1) is 14.2. The summed E-state index contributed by atoms with van der Waals surface area (Å²) in [5, 5.41) is 7.17. The lowest BCUT2D eigenvalue weighted by Gasteiger charge is -2.10. The van der Waals surface area contributed by atoms with E-state index in [1.807, 2.05) is 78.2 Å². The van der Waals surface area contributed by atoms with E-state index in [2.05, 4.69) is 22.3 Å². The molecule has 0 unspecified atom stereocenters. The smallest absolute Gasteiger partial charge is 0.199 e. The lowest BCUT2D eigenvalue weighted by Crippen LogP contribution is -2.06. The molecule has 0 aliphatic rings. The lowest BCUT2D eigenvalue weighted by molar-refractivity contribution is 0.293. The van der Waals surface area contributed by atoms with Gasteiger partial charge in [-0.25, -0.2) is 0 Å². The van der Waals surface area contributed by atoms with Crippen LogP contribution in [0.25, 0.3) is 16.8 Å². The molecular weight excluding hydrogens is 382 g/mol. The van der Waals surface area contributed by atoms with Crippen LogP contribution in [0.1, 0.15) is 12.7 Å². The van der Waals surface area contributed by atoms with Gasteiger partial charge in [0.05, 0.1) is 12.3 Å². The molecule has 1 aromatic heterocycles. The van der Waals surface area contributed by atoms with Crippen molar-refractivity contribution in [3.8, 4) is 28.3 Å². The Morgan fingerprint density at radius 2 is 1.45 bits per heavy atom. The number of hydrogen-bond acceptors (Lipinski definition) is 4. The molecule has 0 aliphatic carbocycles. The van der Waals surface area contributed by atoms with Crippen LogP contribution in [-0.4, -0.2) is 21.4 Å². The van der Waals surface area contributed by atoms with E-state index in [-0.39, 0.29) is 0 Å². The molecule has 6 heteroatoms. The standard InChI is InChI=1S/C23H21N3O2S/c1-2-27-20-14-10-19(11-15-20)26-22(24-25-23(26)29)16-28-21-12-8-18(9-13-21)17-6-4-3-5-7-17/h3-15H,2,16H2,1H3,(H,25,29). The highest BCUT2D eigenvalue weighted by atomic mass is 32.1. The molecule has 4 aromatic rings. The number of rotatable bonds is 7. The maximum Gasteiger partial charge on any atom is 0.199 e. The Labute approximate surface area is 174 Å². The minimum absolute atomic E-state index is 0.297. The summed E-state index contributed by atoms with van der Waals surface area (Å²) in [5.74, 6) is 2.30. The number of benzene rings is 3. The van der Waals surface area contributed by atoms with Crippen molar-refractivity contribution in [2.45, 2.75) is 13.5 Å². The maximum absolute atomic E-state index is 5.95. The Bertz CT molecular complexity index is 1120. The Balaban J connectivity index is 1.49. The van der Waals surface area contributed by atoms with Gasteiger partial charge in [0.2, 0.25) is 0 Å². The van der Waals surface area contributed by atoms with Gasteiger partial charge < -0.3 is 9.47 Å². The summed E-state index contributed by atoms with van der Waals surface area (Å²) in [6.07, 6.45) is 0. The molecule has 0 atom stereocenters. The third kappa shape index (κ3) is 4.38. The second-order valence-corrected chi connectivity index (χ2v) is 6.77. The average Bonchev–Trinajstić information content (AvgIpc) is 3.14. The van der Waals surface area contributed by atoms with Crippen molar-refractivity contribution < 1.29 is 9.47 Å². The van der Waals surface area contributed by atoms with Crippen molar-refractivity contribution in [1.29, 1.82) is 0 Å². The van der Waals surface area contributed by atoms with E-state index in [0.29, 0.717) is 23.8 Å². The number of H-pyrrole nitrogens is 1. The summed E-state index contributed by atoms with van der Waals surface area (Å²) < 4.78 is 13.8. The van der Waals surface area contributed by atoms with E-state index >= 15 is 0 Å². The van der Waals surface area contributed by atoms with Gasteiger partial charge in [-0.15, -0.1) is 0 Å². The summed E-state index contributed by atoms with van der Waals surface area (Å²) >= 11 is 5.40. The molecule has 0 spiro atoms. The number of nitrogens with one attached hydrogen (secondary N) is 1. The minimum atomic E-state index is 0.297. The third-order valence-corrected chi connectivity index (χ3v) is 4.75. The van der Waals surface area contributed by atoms with Gasteiger partial charge >= 0.3 is 0 Å². The van der Waals surface area contributed by atoms with E-state index in [1.165, 1.54) is 5.56 Å². The lowest BCUT2D eigenvalue weighted by atomic mass is 10.1. The molecule has 0 saturated heterocycles. The molecule has 1 N–H and O–H groups in total. The van der Waals surface area contributed by atoms with Crippen molar-refractivity contribution in [3.63, 3.8) is 0 Å². The SMILES string of the molecule is CCOc1ccc(-n2c(COc3ccc(-c4ccccc4)cc3)n[nH]c2=S)cc1. The molecule has 0 aliphatic heterocycles. The summed E-state index contributed by atoms with van der Waals surface area (Å²) in [6.45, 7) is 2.89. The Morgan fingerprint density at radius 3 is 2.14 bits per heavy atom. The highest BCUT2D eigenvalue weighted by Gasteiger charge is 2.10. The first kappa shape index (κ1) is 19.0. The highest BCUT2D eigenvalue weighted by Crippen LogP contribution is 2.23. The second kappa shape index (κ2) is 8.75. The number of hydrogen-bond donors (Lipinski definition) is 1. The van der Waals surface area contributed by atoms with Crippen LogP contribution in [0.5, 0.6) is 11.5 Å². The molecule has 0 radical (unpaired) electrons. The maximum atomic E-state index is 5.95. The fraction of sp³-hybridized carbons (Fsp3) is 0.130. The molecule has 0 saturated carbocycles. The van der Waals surface area contributed by atoms with Crippen LogP contribution in [0, 0.1) is 4.77 Å². The predicted octanol–water partition coefficient (Wildman–Crippen LogP) is 5.57. The van der Waals surface area contributed by atoms with Crippen molar-refractivity contribution in [2.75, 3.05) is 6.61 Å². The van der Waals surface area contributed by atoms with Crippen LogP contribution >= 0.6 is 12.2 Å². The zero-order valence-corrected chi connectivity index (χ0v) is 16.9. The molecule has 3 aromatic carbocycles. The molecule has 0 bridgehead atoms. The van der Waals surface area contributed by atoms with Gasteiger partial charge in [-0.05, 0) is 66.7 Å². The second-order valence-electron chi connectivity index (χ2n) is 6.39. The fourth-order valence-corrected chi connectivity index (χ4v) is 3.33. The molecule has 0 fully saturated rings. The predicted molar refractivity (Wildman–Crippen MR) is 116 cm³/mol. The summed E-state index contributed by atoms with van der Waals surface area (Å²) in [6, 6.07) is 26.0. The molecule has 4 rings (SSSR count). The number of ether oxygens (including phenoxy) is 2. The first-order valence-electron chi connectivity index (χ1n) is 9.42. The molecular formula is C23H21N3O2S. The first-order valence-corrected chi connectivity index (χ1v) is 9.83. The normalized spacial score (nSPS) is 10.7. The molecule has 29 heavy (non-hydrogen) atoms. The van der Waals surface area contributed by atoms with Crippen molar-refractivity contribution in [2.24, 2.45) is 0 Å². The van der Waals surface area contributed by atoms with Gasteiger partial charge in [0.1, 0.15) is 18.1 Å². The van der Waals surface area contributed by atoms with Gasteiger partial charge in [-0.3, -0.25) is 9.67 Å². The van der Waals surface area contributed by atoms with Crippen molar-refractivity contribution >= 4 is 12.2 Å². The highest BCUT2D eigenvalue weighted by molar-refractivity contribution is 7.71. The molecule has 5 nitrogen and oxygen atoms in total. The zero-order valence-electron chi connectivity index (χ0n) is 16.0. The summed E-state index contributed by atoms with van der Waals surface area (Å²) in [5.41, 5.74) is 3.23. The van der Waals surface area contributed by atoms with E-state index < -0.39 is 0 Å². The monoisotopic (exact) mass is 403 g/mol.